The SMILES string of the molecule is Cn1cc(C(=O)Nc2ccc3c(c2)C(=O)N2CCCC2C(=O)N3)c2ccccc21. The molecule has 1 atom stereocenters. The van der Waals surface area contributed by atoms with Gasteiger partial charge in [0.2, 0.25) is 5.91 Å². The van der Waals surface area contributed by atoms with Crippen LogP contribution in [-0.4, -0.2) is 39.8 Å². The lowest BCUT2D eigenvalue weighted by Crippen LogP contribution is -2.40. The zero-order chi connectivity index (χ0) is 20.1. The lowest BCUT2D eigenvalue weighted by atomic mass is 10.1. The summed E-state index contributed by atoms with van der Waals surface area (Å²) in [6, 6.07) is 12.3. The smallest absolute Gasteiger partial charge is 0.257 e. The van der Waals surface area contributed by atoms with E-state index in [0.717, 1.165) is 17.3 Å². The lowest BCUT2D eigenvalue weighted by Gasteiger charge is -2.20. The maximum Gasteiger partial charge on any atom is 0.257 e. The van der Waals surface area contributed by atoms with Gasteiger partial charge in [0.1, 0.15) is 6.04 Å². The molecule has 2 aromatic carbocycles. The van der Waals surface area contributed by atoms with Crippen LogP contribution >= 0.6 is 0 Å². The molecule has 3 aromatic rings. The van der Waals surface area contributed by atoms with Crippen LogP contribution in [0, 0.1) is 0 Å². The molecule has 5 rings (SSSR count). The Kier molecular flexibility index (Phi) is 3.91. The number of para-hydroxylation sites is 1. The minimum absolute atomic E-state index is 0.151. The summed E-state index contributed by atoms with van der Waals surface area (Å²) in [5.74, 6) is -0.574. The second-order valence-electron chi connectivity index (χ2n) is 7.53. The highest BCUT2D eigenvalue weighted by Crippen LogP contribution is 2.31. The highest BCUT2D eigenvalue weighted by atomic mass is 16.2. The van der Waals surface area contributed by atoms with Crippen molar-refractivity contribution in [2.45, 2.75) is 18.9 Å². The molecular weight excluding hydrogens is 368 g/mol. The number of carbonyl (C=O) groups excluding carboxylic acids is 3. The number of nitrogens with one attached hydrogen (secondary N) is 2. The first kappa shape index (κ1) is 17.5. The fraction of sp³-hybridized carbons (Fsp3) is 0.227. The topological polar surface area (TPSA) is 83.4 Å². The van der Waals surface area contributed by atoms with E-state index in [4.69, 9.17) is 0 Å². The number of benzene rings is 2. The molecule has 3 amide bonds. The van der Waals surface area contributed by atoms with Crippen LogP contribution in [0.2, 0.25) is 0 Å². The van der Waals surface area contributed by atoms with Gasteiger partial charge in [-0.25, -0.2) is 0 Å². The monoisotopic (exact) mass is 388 g/mol. The van der Waals surface area contributed by atoms with Crippen molar-refractivity contribution >= 4 is 40.0 Å². The van der Waals surface area contributed by atoms with Crippen LogP contribution in [-0.2, 0) is 11.8 Å². The normalized spacial score (nSPS) is 18.2. The zero-order valence-electron chi connectivity index (χ0n) is 15.9. The molecule has 1 saturated heterocycles. The van der Waals surface area contributed by atoms with Crippen molar-refractivity contribution in [3.8, 4) is 0 Å². The van der Waals surface area contributed by atoms with Crippen molar-refractivity contribution in [3.63, 3.8) is 0 Å². The zero-order valence-corrected chi connectivity index (χ0v) is 15.9. The van der Waals surface area contributed by atoms with Crippen molar-refractivity contribution < 1.29 is 14.4 Å². The molecule has 146 valence electrons. The number of rotatable bonds is 2. The lowest BCUT2D eigenvalue weighted by molar-refractivity contribution is -0.119. The van der Waals surface area contributed by atoms with E-state index >= 15 is 0 Å². The number of carbonyl (C=O) groups is 3. The van der Waals surface area contributed by atoms with E-state index in [-0.39, 0.29) is 17.7 Å². The number of nitrogens with zero attached hydrogens (tertiary/aromatic N) is 2. The molecular formula is C22H20N4O3. The molecule has 2 N–H and O–H groups in total. The third-order valence-electron chi connectivity index (χ3n) is 5.72. The van der Waals surface area contributed by atoms with E-state index in [1.807, 2.05) is 35.9 Å². The molecule has 0 radical (unpaired) electrons. The average molecular weight is 388 g/mol. The summed E-state index contributed by atoms with van der Waals surface area (Å²) in [6.07, 6.45) is 3.29. The van der Waals surface area contributed by atoms with Crippen LogP contribution in [0.25, 0.3) is 10.9 Å². The molecule has 2 aliphatic rings. The van der Waals surface area contributed by atoms with Crippen LogP contribution in [0.5, 0.6) is 0 Å². The van der Waals surface area contributed by atoms with Crippen LogP contribution in [0.4, 0.5) is 11.4 Å². The fourth-order valence-electron chi connectivity index (χ4n) is 4.28. The first-order valence-corrected chi connectivity index (χ1v) is 9.64. The van der Waals surface area contributed by atoms with Gasteiger partial charge in [-0.3, -0.25) is 14.4 Å². The Morgan fingerprint density at radius 3 is 2.86 bits per heavy atom. The van der Waals surface area contributed by atoms with Crippen molar-refractivity contribution in [1.82, 2.24) is 9.47 Å². The van der Waals surface area contributed by atoms with E-state index in [9.17, 15) is 14.4 Å². The number of amides is 3. The Morgan fingerprint density at radius 1 is 1.17 bits per heavy atom. The molecule has 7 heteroatoms. The summed E-state index contributed by atoms with van der Waals surface area (Å²) in [4.78, 5) is 39.9. The number of hydrogen-bond acceptors (Lipinski definition) is 3. The van der Waals surface area contributed by atoms with Crippen LogP contribution in [0.3, 0.4) is 0 Å². The highest BCUT2D eigenvalue weighted by molar-refractivity contribution is 6.14. The van der Waals surface area contributed by atoms with Gasteiger partial charge < -0.3 is 20.1 Å². The second kappa shape index (κ2) is 6.48. The van der Waals surface area contributed by atoms with E-state index in [1.54, 1.807) is 29.3 Å². The number of hydrogen-bond donors (Lipinski definition) is 2. The van der Waals surface area contributed by atoms with Gasteiger partial charge in [0.05, 0.1) is 16.8 Å². The van der Waals surface area contributed by atoms with Gasteiger partial charge >= 0.3 is 0 Å². The Morgan fingerprint density at radius 2 is 2.00 bits per heavy atom. The van der Waals surface area contributed by atoms with Crippen molar-refractivity contribution in [1.29, 1.82) is 0 Å². The summed E-state index contributed by atoms with van der Waals surface area (Å²) in [7, 11) is 1.90. The molecule has 29 heavy (non-hydrogen) atoms. The summed E-state index contributed by atoms with van der Waals surface area (Å²) < 4.78 is 1.91. The van der Waals surface area contributed by atoms with Gasteiger partial charge in [0.25, 0.3) is 11.8 Å². The Bertz CT molecular complexity index is 1180. The Balaban J connectivity index is 1.47. The summed E-state index contributed by atoms with van der Waals surface area (Å²) in [5, 5.41) is 6.60. The first-order valence-electron chi connectivity index (χ1n) is 9.64. The summed E-state index contributed by atoms with van der Waals surface area (Å²) in [5.41, 5.74) is 2.94. The number of anilines is 2. The van der Waals surface area contributed by atoms with E-state index in [1.165, 1.54) is 0 Å². The molecule has 0 saturated carbocycles. The minimum atomic E-state index is -0.413. The maximum absolute atomic E-state index is 13.0. The van der Waals surface area contributed by atoms with Gasteiger partial charge in [-0.05, 0) is 37.1 Å². The van der Waals surface area contributed by atoms with Crippen molar-refractivity contribution in [3.05, 3.63) is 59.8 Å². The Labute approximate surface area is 167 Å². The van der Waals surface area contributed by atoms with Gasteiger partial charge in [-0.1, -0.05) is 18.2 Å². The third-order valence-corrected chi connectivity index (χ3v) is 5.72. The first-order chi connectivity index (χ1) is 14.0. The third kappa shape index (κ3) is 2.77. The van der Waals surface area contributed by atoms with Gasteiger partial charge in [0, 0.05) is 36.4 Å². The molecule has 7 nitrogen and oxygen atoms in total. The van der Waals surface area contributed by atoms with Crippen molar-refractivity contribution in [2.75, 3.05) is 17.2 Å². The molecule has 1 aromatic heterocycles. The number of aromatic nitrogens is 1. The molecule has 1 fully saturated rings. The largest absolute Gasteiger partial charge is 0.350 e. The molecule has 1 unspecified atom stereocenters. The molecule has 3 heterocycles. The quantitative estimate of drug-likeness (QED) is 0.708. The predicted molar refractivity (Wildman–Crippen MR) is 110 cm³/mol. The Hall–Kier alpha value is -3.61. The molecule has 2 aliphatic heterocycles. The second-order valence-corrected chi connectivity index (χ2v) is 7.53. The highest BCUT2D eigenvalue weighted by Gasteiger charge is 2.38. The predicted octanol–water partition coefficient (Wildman–Crippen LogP) is 2.99. The van der Waals surface area contributed by atoms with Gasteiger partial charge in [0.15, 0.2) is 0 Å². The average Bonchev–Trinajstić information content (AvgIpc) is 3.32. The van der Waals surface area contributed by atoms with E-state index < -0.39 is 6.04 Å². The maximum atomic E-state index is 13.0. The van der Waals surface area contributed by atoms with Gasteiger partial charge in [-0.2, -0.15) is 0 Å². The minimum Gasteiger partial charge on any atom is -0.350 e. The van der Waals surface area contributed by atoms with Crippen molar-refractivity contribution in [2.24, 2.45) is 7.05 Å². The molecule has 0 spiro atoms. The van der Waals surface area contributed by atoms with Crippen LogP contribution < -0.4 is 10.6 Å². The fourth-order valence-corrected chi connectivity index (χ4v) is 4.28. The van der Waals surface area contributed by atoms with Gasteiger partial charge in [-0.15, -0.1) is 0 Å². The summed E-state index contributed by atoms with van der Waals surface area (Å²) >= 11 is 0. The number of aryl methyl sites for hydroxylation is 1. The molecule has 0 aliphatic carbocycles. The van der Waals surface area contributed by atoms with E-state index in [2.05, 4.69) is 10.6 Å². The summed E-state index contributed by atoms with van der Waals surface area (Å²) in [6.45, 7) is 0.572. The standard InChI is InChI=1S/C22H20N4O3/c1-25-12-16(14-5-2-3-6-18(14)25)20(27)23-13-8-9-17-15(11-13)22(29)26-10-4-7-19(26)21(28)24-17/h2-3,5-6,8-9,11-12,19H,4,7,10H2,1H3,(H,23,27)(H,24,28). The number of fused-ring (bicyclic) bond motifs is 3. The van der Waals surface area contributed by atoms with E-state index in [0.29, 0.717) is 35.5 Å². The molecule has 0 bridgehead atoms. The van der Waals surface area contributed by atoms with Crippen LogP contribution in [0.15, 0.2) is 48.7 Å². The van der Waals surface area contributed by atoms with Crippen LogP contribution in [0.1, 0.15) is 33.6 Å².